The van der Waals surface area contributed by atoms with Crippen molar-refractivity contribution in [2.24, 2.45) is 0 Å². The number of aliphatic hydroxyl groups excluding tert-OH is 1. The Morgan fingerprint density at radius 3 is 2.54 bits per heavy atom. The third-order valence-electron chi connectivity index (χ3n) is 6.81. The number of pyridine rings is 1. The summed E-state index contributed by atoms with van der Waals surface area (Å²) < 4.78 is 6.12. The van der Waals surface area contributed by atoms with Gasteiger partial charge >= 0.3 is 0 Å². The molecule has 2 aliphatic heterocycles. The quantitative estimate of drug-likeness (QED) is 0.520. The minimum absolute atomic E-state index is 0.201. The van der Waals surface area contributed by atoms with E-state index in [1.54, 1.807) is 4.90 Å². The van der Waals surface area contributed by atoms with E-state index < -0.39 is 6.10 Å². The molecule has 37 heavy (non-hydrogen) atoms. The van der Waals surface area contributed by atoms with Gasteiger partial charge in [0.2, 0.25) is 5.95 Å². The van der Waals surface area contributed by atoms with Gasteiger partial charge in [-0.3, -0.25) is 4.79 Å². The van der Waals surface area contributed by atoms with Crippen LogP contribution in [0.25, 0.3) is 0 Å². The molecule has 4 rings (SSSR count). The highest BCUT2D eigenvalue weighted by Gasteiger charge is 2.32. The molecular weight excluding hydrogens is 468 g/mol. The molecule has 9 nitrogen and oxygen atoms in total. The van der Waals surface area contributed by atoms with E-state index >= 15 is 0 Å². The van der Waals surface area contributed by atoms with Gasteiger partial charge in [-0.2, -0.15) is 0 Å². The van der Waals surface area contributed by atoms with Gasteiger partial charge in [0.15, 0.2) is 0 Å². The molecule has 0 aliphatic carbocycles. The maximum absolute atomic E-state index is 12.2. The van der Waals surface area contributed by atoms with Crippen molar-refractivity contribution in [2.75, 3.05) is 40.9 Å². The number of ether oxygens (including phenoxy) is 1. The summed E-state index contributed by atoms with van der Waals surface area (Å²) in [5.41, 5.74) is 3.46. The Balaban J connectivity index is 1.28. The van der Waals surface area contributed by atoms with Crippen LogP contribution in [0.3, 0.4) is 0 Å². The van der Waals surface area contributed by atoms with Crippen molar-refractivity contribution >= 4 is 23.4 Å². The predicted molar refractivity (Wildman–Crippen MR) is 146 cm³/mol. The summed E-state index contributed by atoms with van der Waals surface area (Å²) >= 11 is 0. The smallest absolute Gasteiger partial charge is 0.255 e. The number of hydrogen-bond acceptors (Lipinski definition) is 8. The highest BCUT2D eigenvalue weighted by atomic mass is 16.5. The normalized spacial score (nSPS) is 18.7. The number of hydrogen-bond donors (Lipinski definition) is 1. The second kappa shape index (κ2) is 12.3. The number of piperidine rings is 1. The average Bonchev–Trinajstić information content (AvgIpc) is 3.22. The summed E-state index contributed by atoms with van der Waals surface area (Å²) in [6.07, 6.45) is 11.5. The van der Waals surface area contributed by atoms with Gasteiger partial charge in [-0.1, -0.05) is 19.9 Å². The summed E-state index contributed by atoms with van der Waals surface area (Å²) in [6, 6.07) is 3.75. The lowest BCUT2D eigenvalue weighted by molar-refractivity contribution is -0.124. The fourth-order valence-electron chi connectivity index (χ4n) is 4.75. The van der Waals surface area contributed by atoms with Crippen LogP contribution in [0.2, 0.25) is 0 Å². The standard InChI is InChI=1S/C28H38N6O3/c1-5-7-22-18-29-28(30-19-22)32-14-10-23(11-15-32)37-17-6-13-33(20(2)3)26-9-8-24(21(4)31-26)34-16-12-25(35)27(34)36/h6,8-9,13,18-19,23,25,35H,2,5,7,10-12,14-17H2,1,3-4H3/b13-6-. The number of anilines is 3. The highest BCUT2D eigenvalue weighted by molar-refractivity contribution is 5.99. The average molecular weight is 507 g/mol. The van der Waals surface area contributed by atoms with Crippen molar-refractivity contribution in [1.82, 2.24) is 15.0 Å². The Morgan fingerprint density at radius 1 is 1.22 bits per heavy atom. The number of rotatable bonds is 10. The number of nitrogens with zero attached hydrogens (tertiary/aromatic N) is 6. The number of aromatic nitrogens is 3. The molecule has 2 aromatic rings. The topological polar surface area (TPSA) is 94.9 Å². The minimum atomic E-state index is -0.924. The number of aliphatic hydroxyl groups is 1. The third-order valence-corrected chi connectivity index (χ3v) is 6.81. The van der Waals surface area contributed by atoms with Crippen LogP contribution in [0, 0.1) is 6.92 Å². The van der Waals surface area contributed by atoms with Gasteiger partial charge in [0.25, 0.3) is 5.91 Å². The second-order valence-electron chi connectivity index (χ2n) is 9.72. The second-order valence-corrected chi connectivity index (χ2v) is 9.72. The van der Waals surface area contributed by atoms with E-state index in [1.807, 2.05) is 55.5 Å². The number of allylic oxidation sites excluding steroid dienone is 1. The molecule has 0 aromatic carbocycles. The molecule has 4 heterocycles. The van der Waals surface area contributed by atoms with Gasteiger partial charge in [-0.15, -0.1) is 0 Å². The van der Waals surface area contributed by atoms with Gasteiger partial charge in [-0.25, -0.2) is 15.0 Å². The summed E-state index contributed by atoms with van der Waals surface area (Å²) in [4.78, 5) is 31.7. The number of carbonyl (C=O) groups is 1. The van der Waals surface area contributed by atoms with Crippen LogP contribution in [0.4, 0.5) is 17.5 Å². The van der Waals surface area contributed by atoms with E-state index in [2.05, 4.69) is 28.4 Å². The molecular formula is C28H38N6O3. The van der Waals surface area contributed by atoms with Crippen LogP contribution >= 0.6 is 0 Å². The summed E-state index contributed by atoms with van der Waals surface area (Å²) in [5, 5.41) is 9.78. The molecule has 0 spiro atoms. The van der Waals surface area contributed by atoms with Crippen molar-refractivity contribution in [3.63, 3.8) is 0 Å². The van der Waals surface area contributed by atoms with E-state index in [0.717, 1.165) is 67.6 Å². The first-order chi connectivity index (χ1) is 17.9. The third kappa shape index (κ3) is 6.53. The van der Waals surface area contributed by atoms with Gasteiger partial charge < -0.3 is 24.5 Å². The van der Waals surface area contributed by atoms with E-state index in [4.69, 9.17) is 9.72 Å². The molecule has 1 amide bonds. The van der Waals surface area contributed by atoms with E-state index in [-0.39, 0.29) is 12.0 Å². The SMILES string of the molecule is C=C(C)N(/C=C\COC1CCN(c2ncc(CCC)cn2)CC1)c1ccc(N2CCC(O)C2=O)c(C)n1. The Hall–Kier alpha value is -3.30. The lowest BCUT2D eigenvalue weighted by Gasteiger charge is -2.31. The Bertz CT molecular complexity index is 1110. The van der Waals surface area contributed by atoms with Gasteiger partial charge in [0, 0.05) is 50.3 Å². The molecule has 2 aliphatic rings. The lowest BCUT2D eigenvalue weighted by atomic mass is 10.1. The maximum Gasteiger partial charge on any atom is 0.255 e. The molecule has 2 saturated heterocycles. The summed E-state index contributed by atoms with van der Waals surface area (Å²) in [5.74, 6) is 1.25. The fraction of sp³-hybridized carbons (Fsp3) is 0.500. The predicted octanol–water partition coefficient (Wildman–Crippen LogP) is 3.77. The van der Waals surface area contributed by atoms with E-state index in [0.29, 0.717) is 19.6 Å². The van der Waals surface area contributed by atoms with Crippen LogP contribution in [-0.2, 0) is 16.0 Å². The van der Waals surface area contributed by atoms with Crippen LogP contribution in [0.1, 0.15) is 50.8 Å². The summed E-state index contributed by atoms with van der Waals surface area (Å²) in [6.45, 7) is 12.8. The van der Waals surface area contributed by atoms with Crippen LogP contribution in [0.15, 0.2) is 49.1 Å². The van der Waals surface area contributed by atoms with Gasteiger partial charge in [0.05, 0.1) is 24.1 Å². The monoisotopic (exact) mass is 506 g/mol. The Labute approximate surface area is 219 Å². The number of amides is 1. The Kier molecular flexibility index (Phi) is 8.89. The fourth-order valence-corrected chi connectivity index (χ4v) is 4.75. The number of aryl methyl sites for hydroxylation is 2. The molecule has 2 fully saturated rings. The first kappa shape index (κ1) is 26.8. The Morgan fingerprint density at radius 2 is 1.95 bits per heavy atom. The molecule has 1 N–H and O–H groups in total. The molecule has 0 saturated carbocycles. The first-order valence-electron chi connectivity index (χ1n) is 13.1. The molecule has 0 bridgehead atoms. The van der Waals surface area contributed by atoms with Crippen molar-refractivity contribution in [3.8, 4) is 0 Å². The zero-order valence-electron chi connectivity index (χ0n) is 22.1. The minimum Gasteiger partial charge on any atom is -0.383 e. The van der Waals surface area contributed by atoms with Crippen molar-refractivity contribution in [2.45, 2.75) is 65.1 Å². The van der Waals surface area contributed by atoms with Crippen LogP contribution in [0.5, 0.6) is 0 Å². The first-order valence-corrected chi connectivity index (χ1v) is 13.1. The van der Waals surface area contributed by atoms with Crippen molar-refractivity contribution < 1.29 is 14.6 Å². The molecule has 0 radical (unpaired) electrons. The number of carbonyl (C=O) groups excluding carboxylic acids is 1. The zero-order valence-corrected chi connectivity index (χ0v) is 22.1. The van der Waals surface area contributed by atoms with Crippen LogP contribution in [-0.4, -0.2) is 64.4 Å². The zero-order chi connectivity index (χ0) is 26.4. The molecule has 198 valence electrons. The largest absolute Gasteiger partial charge is 0.383 e. The van der Waals surface area contributed by atoms with E-state index in [1.165, 1.54) is 5.56 Å². The molecule has 1 unspecified atom stereocenters. The molecule has 2 aromatic heterocycles. The van der Waals surface area contributed by atoms with Crippen molar-refractivity contribution in [1.29, 1.82) is 0 Å². The maximum atomic E-state index is 12.2. The van der Waals surface area contributed by atoms with Crippen molar-refractivity contribution in [3.05, 3.63) is 60.3 Å². The molecule has 9 heteroatoms. The summed E-state index contributed by atoms with van der Waals surface area (Å²) in [7, 11) is 0. The van der Waals surface area contributed by atoms with Gasteiger partial charge in [-0.05, 0) is 56.9 Å². The van der Waals surface area contributed by atoms with Gasteiger partial charge in [0.1, 0.15) is 11.9 Å². The molecule has 1 atom stereocenters. The lowest BCUT2D eigenvalue weighted by Crippen LogP contribution is -2.38. The van der Waals surface area contributed by atoms with E-state index in [9.17, 15) is 9.90 Å². The highest BCUT2D eigenvalue weighted by Crippen LogP contribution is 2.28. The van der Waals surface area contributed by atoms with Crippen LogP contribution < -0.4 is 14.7 Å².